The van der Waals surface area contributed by atoms with Crippen LogP contribution in [0.2, 0.25) is 0 Å². The van der Waals surface area contributed by atoms with E-state index in [1.165, 1.54) is 24.8 Å². The van der Waals surface area contributed by atoms with Crippen LogP contribution in [0.25, 0.3) is 10.2 Å². The fraction of sp³-hybridized carbons (Fsp3) is 0.125. The van der Waals surface area contributed by atoms with Gasteiger partial charge in [-0.25, -0.2) is 14.8 Å². The van der Waals surface area contributed by atoms with Crippen LogP contribution in [-0.4, -0.2) is 23.0 Å². The van der Waals surface area contributed by atoms with E-state index in [0.717, 1.165) is 0 Å². The number of methoxy groups -OCH3 is 1. The van der Waals surface area contributed by atoms with E-state index in [-0.39, 0.29) is 5.97 Å². The van der Waals surface area contributed by atoms with Gasteiger partial charge < -0.3 is 10.5 Å². The lowest BCUT2D eigenvalue weighted by Crippen LogP contribution is -1.96. The molecule has 72 valence electrons. The maximum atomic E-state index is 11.2. The molecule has 0 aliphatic carbocycles. The predicted octanol–water partition coefficient (Wildman–Crippen LogP) is 1.06. The number of carbonyl (C=O) groups is 1. The molecule has 0 aliphatic heterocycles. The SMILES string of the molecule is COC(=O)c1cc2c(N)ncnc2s1. The van der Waals surface area contributed by atoms with Gasteiger partial charge in [-0.3, -0.25) is 0 Å². The molecule has 0 fully saturated rings. The third-order valence-electron chi connectivity index (χ3n) is 1.75. The summed E-state index contributed by atoms with van der Waals surface area (Å²) in [4.78, 5) is 20.2. The van der Waals surface area contributed by atoms with Crippen LogP contribution in [0.1, 0.15) is 9.67 Å². The van der Waals surface area contributed by atoms with Gasteiger partial charge in [-0.15, -0.1) is 11.3 Å². The minimum Gasteiger partial charge on any atom is -0.465 e. The number of aromatic nitrogens is 2. The Labute approximate surface area is 83.5 Å². The number of hydrogen-bond acceptors (Lipinski definition) is 6. The van der Waals surface area contributed by atoms with Crippen molar-refractivity contribution in [2.45, 2.75) is 0 Å². The second-order valence-electron chi connectivity index (χ2n) is 2.58. The fourth-order valence-corrected chi connectivity index (χ4v) is 2.00. The monoisotopic (exact) mass is 209 g/mol. The van der Waals surface area contributed by atoms with Crippen molar-refractivity contribution >= 4 is 33.3 Å². The van der Waals surface area contributed by atoms with Gasteiger partial charge in [0.15, 0.2) is 0 Å². The molecule has 0 radical (unpaired) electrons. The number of esters is 1. The van der Waals surface area contributed by atoms with Crippen molar-refractivity contribution in [3.05, 3.63) is 17.3 Å². The number of thiophene rings is 1. The molecule has 14 heavy (non-hydrogen) atoms. The Morgan fingerprint density at radius 3 is 3.00 bits per heavy atom. The molecule has 2 heterocycles. The van der Waals surface area contributed by atoms with E-state index < -0.39 is 0 Å². The Kier molecular flexibility index (Phi) is 2.05. The van der Waals surface area contributed by atoms with Gasteiger partial charge in [0.2, 0.25) is 0 Å². The van der Waals surface area contributed by atoms with Gasteiger partial charge in [0.05, 0.1) is 12.5 Å². The third-order valence-corrected chi connectivity index (χ3v) is 2.77. The molecule has 5 nitrogen and oxygen atoms in total. The van der Waals surface area contributed by atoms with Gasteiger partial charge >= 0.3 is 5.97 Å². The summed E-state index contributed by atoms with van der Waals surface area (Å²) in [5.74, 6) is -0.00574. The number of nitrogens with two attached hydrogens (primary N) is 1. The minimum atomic E-state index is -0.382. The molecule has 0 aliphatic rings. The zero-order valence-corrected chi connectivity index (χ0v) is 8.17. The summed E-state index contributed by atoms with van der Waals surface area (Å²) >= 11 is 1.24. The second kappa shape index (κ2) is 3.22. The first-order valence-electron chi connectivity index (χ1n) is 3.80. The molecular weight excluding hydrogens is 202 g/mol. The Morgan fingerprint density at radius 2 is 2.36 bits per heavy atom. The molecule has 2 rings (SSSR count). The average molecular weight is 209 g/mol. The fourth-order valence-electron chi connectivity index (χ4n) is 1.08. The summed E-state index contributed by atoms with van der Waals surface area (Å²) < 4.78 is 4.59. The average Bonchev–Trinajstić information content (AvgIpc) is 2.62. The summed E-state index contributed by atoms with van der Waals surface area (Å²) in [6.07, 6.45) is 1.37. The van der Waals surface area contributed by atoms with E-state index in [1.54, 1.807) is 6.07 Å². The van der Waals surface area contributed by atoms with Gasteiger partial charge in [-0.05, 0) is 6.07 Å². The first-order valence-corrected chi connectivity index (χ1v) is 4.62. The molecule has 2 N–H and O–H groups in total. The number of fused-ring (bicyclic) bond motifs is 1. The number of anilines is 1. The number of carbonyl (C=O) groups excluding carboxylic acids is 1. The van der Waals surface area contributed by atoms with Gasteiger partial charge in [0.1, 0.15) is 21.9 Å². The maximum Gasteiger partial charge on any atom is 0.348 e. The van der Waals surface area contributed by atoms with Crippen molar-refractivity contribution in [2.75, 3.05) is 12.8 Å². The van der Waals surface area contributed by atoms with Gasteiger partial charge in [-0.1, -0.05) is 0 Å². The largest absolute Gasteiger partial charge is 0.465 e. The highest BCUT2D eigenvalue weighted by Gasteiger charge is 2.12. The van der Waals surface area contributed by atoms with Crippen LogP contribution in [0.5, 0.6) is 0 Å². The zero-order chi connectivity index (χ0) is 10.1. The predicted molar refractivity (Wildman–Crippen MR) is 53.2 cm³/mol. The summed E-state index contributed by atoms with van der Waals surface area (Å²) in [7, 11) is 1.34. The lowest BCUT2D eigenvalue weighted by atomic mass is 10.3. The molecule has 2 aromatic rings. The summed E-state index contributed by atoms with van der Waals surface area (Å²) in [5, 5.41) is 0.693. The number of rotatable bonds is 1. The van der Waals surface area contributed by atoms with Crippen molar-refractivity contribution in [1.29, 1.82) is 0 Å². The van der Waals surface area contributed by atoms with Gasteiger partial charge in [0.25, 0.3) is 0 Å². The van der Waals surface area contributed by atoms with E-state index in [9.17, 15) is 4.79 Å². The molecule has 0 saturated carbocycles. The Bertz CT molecular complexity index is 494. The molecule has 0 bridgehead atoms. The third kappa shape index (κ3) is 1.29. The van der Waals surface area contributed by atoms with E-state index in [1.807, 2.05) is 0 Å². The summed E-state index contributed by atoms with van der Waals surface area (Å²) in [6, 6.07) is 1.64. The highest BCUT2D eigenvalue weighted by molar-refractivity contribution is 7.20. The van der Waals surface area contributed by atoms with Crippen molar-refractivity contribution in [1.82, 2.24) is 9.97 Å². The summed E-state index contributed by atoms with van der Waals surface area (Å²) in [6.45, 7) is 0. The van der Waals surface area contributed by atoms with Crippen LogP contribution in [0.4, 0.5) is 5.82 Å². The molecule has 0 atom stereocenters. The first-order chi connectivity index (χ1) is 6.72. The molecule has 0 saturated heterocycles. The van der Waals surface area contributed by atoms with Gasteiger partial charge in [-0.2, -0.15) is 0 Å². The molecule has 0 amide bonds. The van der Waals surface area contributed by atoms with E-state index in [0.29, 0.717) is 20.9 Å². The standard InChI is InChI=1S/C8H7N3O2S/c1-13-8(12)5-2-4-6(9)10-3-11-7(4)14-5/h2-3H,1H3,(H2,9,10,11). The Hall–Kier alpha value is -1.69. The van der Waals surface area contributed by atoms with Crippen molar-refractivity contribution in [3.8, 4) is 0 Å². The Morgan fingerprint density at radius 1 is 1.57 bits per heavy atom. The minimum absolute atomic E-state index is 0.376. The molecule has 0 spiro atoms. The number of nitrogens with zero attached hydrogens (tertiary/aromatic N) is 2. The van der Waals surface area contributed by atoms with E-state index >= 15 is 0 Å². The number of ether oxygens (including phenoxy) is 1. The van der Waals surface area contributed by atoms with Crippen LogP contribution in [0, 0.1) is 0 Å². The summed E-state index contributed by atoms with van der Waals surface area (Å²) in [5.41, 5.74) is 5.61. The number of nitrogen functional groups attached to an aromatic ring is 1. The maximum absolute atomic E-state index is 11.2. The van der Waals surface area contributed by atoms with Crippen LogP contribution in [0.15, 0.2) is 12.4 Å². The molecule has 0 unspecified atom stereocenters. The van der Waals surface area contributed by atoms with E-state index in [4.69, 9.17) is 5.73 Å². The van der Waals surface area contributed by atoms with Crippen molar-refractivity contribution in [3.63, 3.8) is 0 Å². The van der Waals surface area contributed by atoms with Crippen LogP contribution < -0.4 is 5.73 Å². The highest BCUT2D eigenvalue weighted by Crippen LogP contribution is 2.26. The zero-order valence-electron chi connectivity index (χ0n) is 7.35. The van der Waals surface area contributed by atoms with Crippen LogP contribution in [0.3, 0.4) is 0 Å². The Balaban J connectivity index is 2.62. The lowest BCUT2D eigenvalue weighted by Gasteiger charge is -1.90. The highest BCUT2D eigenvalue weighted by atomic mass is 32.1. The first kappa shape index (κ1) is 8.89. The topological polar surface area (TPSA) is 78.1 Å². The normalized spacial score (nSPS) is 10.4. The van der Waals surface area contributed by atoms with Crippen LogP contribution >= 0.6 is 11.3 Å². The smallest absolute Gasteiger partial charge is 0.348 e. The molecular formula is C8H7N3O2S. The number of hydrogen-bond donors (Lipinski definition) is 1. The van der Waals surface area contributed by atoms with Crippen LogP contribution in [-0.2, 0) is 4.74 Å². The van der Waals surface area contributed by atoms with E-state index in [2.05, 4.69) is 14.7 Å². The molecule has 0 aromatic carbocycles. The molecule has 2 aromatic heterocycles. The van der Waals surface area contributed by atoms with Crippen molar-refractivity contribution < 1.29 is 9.53 Å². The lowest BCUT2D eigenvalue weighted by molar-refractivity contribution is 0.0606. The van der Waals surface area contributed by atoms with Crippen molar-refractivity contribution in [2.24, 2.45) is 0 Å². The van der Waals surface area contributed by atoms with Gasteiger partial charge in [0, 0.05) is 0 Å². The quantitative estimate of drug-likeness (QED) is 0.710. The molecule has 6 heteroatoms. The second-order valence-corrected chi connectivity index (χ2v) is 3.61.